The number of hydrogen-bond donors (Lipinski definition) is 0. The third-order valence-corrected chi connectivity index (χ3v) is 2.89. The van der Waals surface area contributed by atoms with Crippen LogP contribution < -0.4 is 14.2 Å². The highest BCUT2D eigenvalue weighted by Crippen LogP contribution is 2.37. The predicted octanol–water partition coefficient (Wildman–Crippen LogP) is 3.15. The summed E-state index contributed by atoms with van der Waals surface area (Å²) in [7, 11) is 3.15. The van der Waals surface area contributed by atoms with Crippen LogP contribution in [0.15, 0.2) is 42.5 Å². The predicted molar refractivity (Wildman–Crippen MR) is 75.0 cm³/mol. The summed E-state index contributed by atoms with van der Waals surface area (Å²) in [6.45, 7) is 0.278. The van der Waals surface area contributed by atoms with Crippen LogP contribution in [0, 0.1) is 11.3 Å². The first kappa shape index (κ1) is 13.8. The van der Waals surface area contributed by atoms with Crippen LogP contribution in [-0.4, -0.2) is 14.2 Å². The second-order valence-electron chi connectivity index (χ2n) is 4.05. The zero-order chi connectivity index (χ0) is 14.4. The standard InChI is InChI=1S/C16H15NO3/c1-18-14-8-5-9-15(19-2)16(14)20-11-13-7-4-3-6-12(13)10-17/h3-9H,11H2,1-2H3. The van der Waals surface area contributed by atoms with Crippen molar-refractivity contribution in [3.05, 3.63) is 53.6 Å². The molecule has 0 saturated carbocycles. The van der Waals surface area contributed by atoms with Gasteiger partial charge in [0.25, 0.3) is 0 Å². The Morgan fingerprint density at radius 2 is 1.60 bits per heavy atom. The van der Waals surface area contributed by atoms with Crippen molar-refractivity contribution in [2.24, 2.45) is 0 Å². The van der Waals surface area contributed by atoms with E-state index in [0.29, 0.717) is 22.8 Å². The lowest BCUT2D eigenvalue weighted by Crippen LogP contribution is -2.01. The van der Waals surface area contributed by atoms with E-state index in [1.165, 1.54) is 0 Å². The number of hydrogen-bond acceptors (Lipinski definition) is 4. The molecule has 2 aromatic rings. The summed E-state index contributed by atoms with van der Waals surface area (Å²) in [6.07, 6.45) is 0. The van der Waals surface area contributed by atoms with Crippen LogP contribution in [0.25, 0.3) is 0 Å². The van der Waals surface area contributed by atoms with Gasteiger partial charge in [0.1, 0.15) is 6.61 Å². The van der Waals surface area contributed by atoms with Gasteiger partial charge in [-0.25, -0.2) is 0 Å². The largest absolute Gasteiger partial charge is 0.493 e. The molecular formula is C16H15NO3. The van der Waals surface area contributed by atoms with Crippen LogP contribution in [0.2, 0.25) is 0 Å². The summed E-state index contributed by atoms with van der Waals surface area (Å²) in [5.74, 6) is 1.72. The second-order valence-corrected chi connectivity index (χ2v) is 4.05. The first-order valence-electron chi connectivity index (χ1n) is 6.12. The molecule has 0 saturated heterocycles. The van der Waals surface area contributed by atoms with E-state index in [9.17, 15) is 0 Å². The molecule has 102 valence electrons. The Balaban J connectivity index is 2.25. The fourth-order valence-electron chi connectivity index (χ4n) is 1.86. The van der Waals surface area contributed by atoms with Crippen molar-refractivity contribution in [3.63, 3.8) is 0 Å². The van der Waals surface area contributed by atoms with Crippen molar-refractivity contribution in [1.82, 2.24) is 0 Å². The molecule has 20 heavy (non-hydrogen) atoms. The number of benzene rings is 2. The van der Waals surface area contributed by atoms with Gasteiger partial charge in [-0.3, -0.25) is 0 Å². The number of nitriles is 1. The first-order valence-corrected chi connectivity index (χ1v) is 6.12. The Hall–Kier alpha value is -2.67. The quantitative estimate of drug-likeness (QED) is 0.836. The number of nitrogens with zero attached hydrogens (tertiary/aromatic N) is 1. The average molecular weight is 269 g/mol. The molecule has 0 bridgehead atoms. The van der Waals surface area contributed by atoms with Crippen LogP contribution in [0.1, 0.15) is 11.1 Å². The molecule has 0 amide bonds. The number of rotatable bonds is 5. The Morgan fingerprint density at radius 3 is 2.20 bits per heavy atom. The van der Waals surface area contributed by atoms with E-state index in [4.69, 9.17) is 19.5 Å². The van der Waals surface area contributed by atoms with E-state index in [1.54, 1.807) is 32.4 Å². The Kier molecular flexibility index (Phi) is 4.46. The van der Waals surface area contributed by atoms with Crippen molar-refractivity contribution in [3.8, 4) is 23.3 Å². The molecule has 0 aliphatic heterocycles. The third-order valence-electron chi connectivity index (χ3n) is 2.89. The highest BCUT2D eigenvalue weighted by Gasteiger charge is 2.12. The molecular weight excluding hydrogens is 254 g/mol. The number of ether oxygens (including phenoxy) is 3. The second kappa shape index (κ2) is 6.48. The van der Waals surface area contributed by atoms with Crippen LogP contribution in [-0.2, 0) is 6.61 Å². The van der Waals surface area contributed by atoms with E-state index >= 15 is 0 Å². The summed E-state index contributed by atoms with van der Waals surface area (Å²) >= 11 is 0. The molecule has 4 heteroatoms. The molecule has 2 rings (SSSR count). The van der Waals surface area contributed by atoms with Crippen molar-refractivity contribution >= 4 is 0 Å². The molecule has 0 atom stereocenters. The Labute approximate surface area is 118 Å². The summed E-state index contributed by atoms with van der Waals surface area (Å²) < 4.78 is 16.3. The number of para-hydroxylation sites is 1. The van der Waals surface area contributed by atoms with Crippen molar-refractivity contribution in [2.75, 3.05) is 14.2 Å². The summed E-state index contributed by atoms with van der Waals surface area (Å²) in [5.41, 5.74) is 1.42. The minimum atomic E-state index is 0.278. The van der Waals surface area contributed by atoms with E-state index < -0.39 is 0 Å². The SMILES string of the molecule is COc1cccc(OC)c1OCc1ccccc1C#N. The van der Waals surface area contributed by atoms with Gasteiger partial charge in [0.2, 0.25) is 5.75 Å². The Morgan fingerprint density at radius 1 is 0.950 bits per heavy atom. The van der Waals surface area contributed by atoms with Gasteiger partial charge in [-0.05, 0) is 18.2 Å². The topological polar surface area (TPSA) is 51.5 Å². The average Bonchev–Trinajstić information content (AvgIpc) is 2.52. The van der Waals surface area contributed by atoms with E-state index in [1.807, 2.05) is 24.3 Å². The van der Waals surface area contributed by atoms with Gasteiger partial charge in [-0.15, -0.1) is 0 Å². The zero-order valence-electron chi connectivity index (χ0n) is 11.4. The zero-order valence-corrected chi connectivity index (χ0v) is 11.4. The van der Waals surface area contributed by atoms with Crippen LogP contribution in [0.4, 0.5) is 0 Å². The molecule has 0 aromatic heterocycles. The smallest absolute Gasteiger partial charge is 0.203 e. The van der Waals surface area contributed by atoms with E-state index in [0.717, 1.165) is 5.56 Å². The van der Waals surface area contributed by atoms with Crippen molar-refractivity contribution < 1.29 is 14.2 Å². The molecule has 0 aliphatic rings. The first-order chi connectivity index (χ1) is 9.80. The molecule has 0 radical (unpaired) electrons. The molecule has 4 nitrogen and oxygen atoms in total. The lowest BCUT2D eigenvalue weighted by atomic mass is 10.1. The van der Waals surface area contributed by atoms with Gasteiger partial charge < -0.3 is 14.2 Å². The normalized spacial score (nSPS) is 9.65. The molecule has 0 spiro atoms. The lowest BCUT2D eigenvalue weighted by molar-refractivity contribution is 0.265. The maximum Gasteiger partial charge on any atom is 0.203 e. The summed E-state index contributed by atoms with van der Waals surface area (Å²) in [5, 5.41) is 9.06. The van der Waals surface area contributed by atoms with Crippen LogP contribution >= 0.6 is 0 Å². The summed E-state index contributed by atoms with van der Waals surface area (Å²) in [4.78, 5) is 0. The van der Waals surface area contributed by atoms with Gasteiger partial charge in [-0.2, -0.15) is 5.26 Å². The van der Waals surface area contributed by atoms with Crippen molar-refractivity contribution in [2.45, 2.75) is 6.61 Å². The fourth-order valence-corrected chi connectivity index (χ4v) is 1.86. The fraction of sp³-hybridized carbons (Fsp3) is 0.188. The third kappa shape index (κ3) is 2.83. The van der Waals surface area contributed by atoms with Crippen molar-refractivity contribution in [1.29, 1.82) is 5.26 Å². The molecule has 0 unspecified atom stereocenters. The van der Waals surface area contributed by atoms with Crippen LogP contribution in [0.5, 0.6) is 17.2 Å². The highest BCUT2D eigenvalue weighted by atomic mass is 16.5. The monoisotopic (exact) mass is 269 g/mol. The molecule has 0 fully saturated rings. The molecule has 0 heterocycles. The van der Waals surface area contributed by atoms with Gasteiger partial charge in [0.15, 0.2) is 11.5 Å². The van der Waals surface area contributed by atoms with Gasteiger partial charge in [-0.1, -0.05) is 24.3 Å². The maximum atomic E-state index is 9.06. The van der Waals surface area contributed by atoms with Gasteiger partial charge >= 0.3 is 0 Å². The minimum absolute atomic E-state index is 0.278. The van der Waals surface area contributed by atoms with Crippen LogP contribution in [0.3, 0.4) is 0 Å². The molecule has 2 aromatic carbocycles. The van der Waals surface area contributed by atoms with Gasteiger partial charge in [0, 0.05) is 5.56 Å². The Bertz CT molecular complexity index is 610. The minimum Gasteiger partial charge on any atom is -0.493 e. The van der Waals surface area contributed by atoms with E-state index in [2.05, 4.69) is 6.07 Å². The maximum absolute atomic E-state index is 9.06. The summed E-state index contributed by atoms with van der Waals surface area (Å²) in [6, 6.07) is 14.9. The van der Waals surface area contributed by atoms with E-state index in [-0.39, 0.29) is 6.61 Å². The molecule has 0 N–H and O–H groups in total. The molecule has 0 aliphatic carbocycles. The number of methoxy groups -OCH3 is 2. The lowest BCUT2D eigenvalue weighted by Gasteiger charge is -2.14. The highest BCUT2D eigenvalue weighted by molar-refractivity contribution is 5.51. The van der Waals surface area contributed by atoms with Gasteiger partial charge in [0.05, 0.1) is 25.9 Å².